The SMILES string of the molecule is CCOC(=O)C1=C(c2ccccc2)N=c2s/c(=C/c3cc(Br)c(N(C)C)o3)c(=O)n2[C@@H]1c1ccc(OCC)cc1. The van der Waals surface area contributed by atoms with Gasteiger partial charge in [0.1, 0.15) is 11.5 Å². The van der Waals surface area contributed by atoms with E-state index >= 15 is 0 Å². The Morgan fingerprint density at radius 1 is 1.12 bits per heavy atom. The summed E-state index contributed by atoms with van der Waals surface area (Å²) in [5.74, 6) is 1.33. The fraction of sp³-hybridized carbons (Fsp3) is 0.233. The number of rotatable bonds is 8. The van der Waals surface area contributed by atoms with Crippen LogP contribution in [-0.2, 0) is 9.53 Å². The van der Waals surface area contributed by atoms with Crippen LogP contribution in [0.2, 0.25) is 0 Å². The monoisotopic (exact) mass is 621 g/mol. The van der Waals surface area contributed by atoms with Crippen molar-refractivity contribution in [2.45, 2.75) is 19.9 Å². The topological polar surface area (TPSA) is 86.3 Å². The summed E-state index contributed by atoms with van der Waals surface area (Å²) in [4.78, 5) is 34.7. The summed E-state index contributed by atoms with van der Waals surface area (Å²) in [5, 5.41) is 0. The van der Waals surface area contributed by atoms with E-state index in [9.17, 15) is 9.59 Å². The molecule has 1 aliphatic heterocycles. The Labute approximate surface area is 243 Å². The third-order valence-electron chi connectivity index (χ3n) is 6.25. The molecule has 4 aromatic rings. The largest absolute Gasteiger partial charge is 0.494 e. The van der Waals surface area contributed by atoms with Crippen LogP contribution in [0.4, 0.5) is 5.88 Å². The normalized spacial score (nSPS) is 15.0. The number of ether oxygens (including phenoxy) is 2. The molecule has 0 bridgehead atoms. The number of fused-ring (bicyclic) bond motifs is 1. The van der Waals surface area contributed by atoms with Gasteiger partial charge in [-0.3, -0.25) is 9.36 Å². The number of benzene rings is 2. The third-order valence-corrected chi connectivity index (χ3v) is 7.80. The van der Waals surface area contributed by atoms with Crippen LogP contribution in [0, 0.1) is 0 Å². The fourth-order valence-corrected chi connectivity index (χ4v) is 6.19. The number of hydrogen-bond donors (Lipinski definition) is 0. The van der Waals surface area contributed by atoms with Crippen LogP contribution in [0.1, 0.15) is 36.8 Å². The van der Waals surface area contributed by atoms with Crippen molar-refractivity contribution in [3.8, 4) is 5.75 Å². The molecule has 0 unspecified atom stereocenters. The van der Waals surface area contributed by atoms with Crippen molar-refractivity contribution in [1.82, 2.24) is 4.57 Å². The second-order valence-electron chi connectivity index (χ2n) is 9.13. The highest BCUT2D eigenvalue weighted by atomic mass is 79.9. The minimum atomic E-state index is -0.760. The fourth-order valence-electron chi connectivity index (χ4n) is 4.55. The quantitative estimate of drug-likeness (QED) is 0.264. The molecule has 10 heteroatoms. The number of aromatic nitrogens is 1. The number of nitrogens with zero attached hydrogens (tertiary/aromatic N) is 3. The minimum Gasteiger partial charge on any atom is -0.494 e. The average molecular weight is 623 g/mol. The molecule has 40 heavy (non-hydrogen) atoms. The van der Waals surface area contributed by atoms with Gasteiger partial charge in [0, 0.05) is 31.8 Å². The number of anilines is 1. The van der Waals surface area contributed by atoms with Gasteiger partial charge in [0.25, 0.3) is 5.56 Å². The zero-order chi connectivity index (χ0) is 28.4. The van der Waals surface area contributed by atoms with E-state index in [1.54, 1.807) is 17.6 Å². The average Bonchev–Trinajstić information content (AvgIpc) is 3.47. The molecule has 0 saturated heterocycles. The maximum atomic E-state index is 14.0. The van der Waals surface area contributed by atoms with E-state index in [2.05, 4.69) is 15.9 Å². The van der Waals surface area contributed by atoms with Crippen LogP contribution in [0.3, 0.4) is 0 Å². The van der Waals surface area contributed by atoms with Crippen molar-refractivity contribution in [3.05, 3.63) is 107 Å². The summed E-state index contributed by atoms with van der Waals surface area (Å²) in [6.45, 7) is 4.38. The van der Waals surface area contributed by atoms with Gasteiger partial charge >= 0.3 is 5.97 Å². The van der Waals surface area contributed by atoms with E-state index in [1.807, 2.05) is 86.6 Å². The van der Waals surface area contributed by atoms with Crippen molar-refractivity contribution in [2.75, 3.05) is 32.2 Å². The lowest BCUT2D eigenvalue weighted by Crippen LogP contribution is -2.40. The zero-order valence-electron chi connectivity index (χ0n) is 22.5. The van der Waals surface area contributed by atoms with Crippen molar-refractivity contribution < 1.29 is 18.7 Å². The summed E-state index contributed by atoms with van der Waals surface area (Å²) >= 11 is 4.76. The number of esters is 1. The Bertz CT molecular complexity index is 1750. The Hall–Kier alpha value is -3.89. The summed E-state index contributed by atoms with van der Waals surface area (Å²) in [6, 6.07) is 17.9. The molecule has 0 radical (unpaired) electrons. The van der Waals surface area contributed by atoms with Gasteiger partial charge < -0.3 is 18.8 Å². The molecule has 0 spiro atoms. The van der Waals surface area contributed by atoms with Crippen LogP contribution < -0.4 is 24.5 Å². The van der Waals surface area contributed by atoms with Gasteiger partial charge in [0.2, 0.25) is 5.88 Å². The lowest BCUT2D eigenvalue weighted by atomic mass is 9.93. The number of halogens is 1. The molecule has 5 rings (SSSR count). The minimum absolute atomic E-state index is 0.187. The Morgan fingerprint density at radius 3 is 2.48 bits per heavy atom. The van der Waals surface area contributed by atoms with Crippen LogP contribution in [-0.4, -0.2) is 37.8 Å². The highest BCUT2D eigenvalue weighted by Crippen LogP contribution is 2.36. The first kappa shape index (κ1) is 27.7. The molecule has 1 atom stereocenters. The van der Waals surface area contributed by atoms with Gasteiger partial charge in [-0.05, 0) is 47.5 Å². The molecule has 3 heterocycles. The lowest BCUT2D eigenvalue weighted by molar-refractivity contribution is -0.138. The van der Waals surface area contributed by atoms with Crippen LogP contribution in [0.5, 0.6) is 5.75 Å². The van der Waals surface area contributed by atoms with Crippen molar-refractivity contribution in [1.29, 1.82) is 0 Å². The molecule has 0 saturated carbocycles. The Balaban J connectivity index is 1.78. The number of thiazole rings is 1. The molecule has 206 valence electrons. The molecular formula is C30H28BrN3O5S. The molecule has 0 amide bonds. The second-order valence-corrected chi connectivity index (χ2v) is 11.0. The molecule has 2 aromatic heterocycles. The smallest absolute Gasteiger partial charge is 0.338 e. The maximum Gasteiger partial charge on any atom is 0.338 e. The molecule has 1 aliphatic rings. The second kappa shape index (κ2) is 11.7. The Kier molecular flexibility index (Phi) is 8.09. The molecule has 0 aliphatic carbocycles. The van der Waals surface area contributed by atoms with Crippen LogP contribution >= 0.6 is 27.3 Å². The van der Waals surface area contributed by atoms with Gasteiger partial charge in [-0.2, -0.15) is 0 Å². The van der Waals surface area contributed by atoms with Gasteiger partial charge in [-0.1, -0.05) is 53.8 Å². The first-order valence-electron chi connectivity index (χ1n) is 12.8. The van der Waals surface area contributed by atoms with Crippen molar-refractivity contribution >= 4 is 50.9 Å². The van der Waals surface area contributed by atoms with E-state index < -0.39 is 12.0 Å². The van der Waals surface area contributed by atoms with Gasteiger partial charge in [0.15, 0.2) is 4.80 Å². The predicted molar refractivity (Wildman–Crippen MR) is 159 cm³/mol. The summed E-state index contributed by atoms with van der Waals surface area (Å²) in [7, 11) is 3.75. The standard InChI is InChI=1S/C30H28BrN3O5S/c1-5-37-20-14-12-19(13-15-20)26-24(29(36)38-6-2)25(18-10-8-7-9-11-18)32-30-34(26)27(35)23(40-30)17-21-16-22(31)28(39-21)33(3)4/h7-17,26H,5-6H2,1-4H3/b23-17+/t26-/m1/s1. The molecular weight excluding hydrogens is 594 g/mol. The molecule has 2 aromatic carbocycles. The summed E-state index contributed by atoms with van der Waals surface area (Å²) < 4.78 is 19.9. The first-order chi connectivity index (χ1) is 19.3. The van der Waals surface area contributed by atoms with Gasteiger partial charge in [-0.25, -0.2) is 9.79 Å². The maximum absolute atomic E-state index is 14.0. The number of furan rings is 1. The van der Waals surface area contributed by atoms with E-state index in [-0.39, 0.29) is 12.2 Å². The van der Waals surface area contributed by atoms with Gasteiger partial charge in [-0.15, -0.1) is 0 Å². The number of hydrogen-bond acceptors (Lipinski definition) is 8. The van der Waals surface area contributed by atoms with Crippen molar-refractivity contribution in [3.63, 3.8) is 0 Å². The van der Waals surface area contributed by atoms with Crippen LogP contribution in [0.25, 0.3) is 11.8 Å². The zero-order valence-corrected chi connectivity index (χ0v) is 24.9. The van der Waals surface area contributed by atoms with E-state index in [4.69, 9.17) is 18.9 Å². The van der Waals surface area contributed by atoms with Crippen molar-refractivity contribution in [2.24, 2.45) is 4.99 Å². The van der Waals surface area contributed by atoms with Gasteiger partial charge in [0.05, 0.1) is 39.5 Å². The molecule has 0 N–H and O–H groups in total. The van der Waals surface area contributed by atoms with E-state index in [1.165, 1.54) is 11.3 Å². The highest BCUT2D eigenvalue weighted by Gasteiger charge is 2.35. The molecule has 8 nitrogen and oxygen atoms in total. The summed E-state index contributed by atoms with van der Waals surface area (Å²) in [6.07, 6.45) is 1.70. The van der Waals surface area contributed by atoms with E-state index in [0.717, 1.165) is 15.6 Å². The first-order valence-corrected chi connectivity index (χ1v) is 14.4. The lowest BCUT2D eigenvalue weighted by Gasteiger charge is -2.26. The molecule has 0 fully saturated rings. The predicted octanol–water partition coefficient (Wildman–Crippen LogP) is 4.76. The Morgan fingerprint density at radius 2 is 1.85 bits per heavy atom. The van der Waals surface area contributed by atoms with Crippen LogP contribution in [0.15, 0.2) is 84.9 Å². The highest BCUT2D eigenvalue weighted by molar-refractivity contribution is 9.10. The van der Waals surface area contributed by atoms with E-state index in [0.29, 0.717) is 44.6 Å². The summed E-state index contributed by atoms with van der Waals surface area (Å²) in [5.41, 5.74) is 1.98. The number of carbonyl (C=O) groups is 1. The number of carbonyl (C=O) groups excluding carboxylic acids is 1. The third kappa shape index (κ3) is 5.29.